The number of nitrogens with zero attached hydrogens (tertiary/aromatic N) is 1. The van der Waals surface area contributed by atoms with Crippen molar-refractivity contribution in [3.63, 3.8) is 0 Å². The van der Waals surface area contributed by atoms with Crippen molar-refractivity contribution in [3.05, 3.63) is 102 Å². The topological polar surface area (TPSA) is 33.0 Å². The Bertz CT molecular complexity index is 1380. The molecule has 0 aliphatic carbocycles. The van der Waals surface area contributed by atoms with Gasteiger partial charge in [-0.15, -0.1) is 0 Å². The van der Waals surface area contributed by atoms with Crippen LogP contribution < -0.4 is 0 Å². The lowest BCUT2D eigenvalue weighted by atomic mass is 9.92. The van der Waals surface area contributed by atoms with Crippen molar-refractivity contribution in [2.45, 2.75) is 13.2 Å². The predicted molar refractivity (Wildman–Crippen MR) is 120 cm³/mol. The third kappa shape index (κ3) is 3.12. The molecule has 0 aromatic heterocycles. The molecular formula is C27H19NO. The van der Waals surface area contributed by atoms with Gasteiger partial charge in [0.05, 0.1) is 19.3 Å². The van der Waals surface area contributed by atoms with E-state index in [9.17, 15) is 0 Å². The fourth-order valence-electron chi connectivity index (χ4n) is 4.15. The zero-order chi connectivity index (χ0) is 19.6. The van der Waals surface area contributed by atoms with Crippen LogP contribution in [-0.4, -0.2) is 0 Å². The minimum atomic E-state index is 0.508. The van der Waals surface area contributed by atoms with Gasteiger partial charge in [0.25, 0.3) is 0 Å². The molecule has 0 heterocycles. The van der Waals surface area contributed by atoms with E-state index in [0.29, 0.717) is 13.2 Å². The van der Waals surface area contributed by atoms with E-state index in [1.54, 1.807) is 0 Å². The number of hydrogen-bond acceptors (Lipinski definition) is 2. The lowest BCUT2D eigenvalue weighted by Crippen LogP contribution is -1.97. The second kappa shape index (κ2) is 7.39. The average Bonchev–Trinajstić information content (AvgIpc) is 2.77. The third-order valence-corrected chi connectivity index (χ3v) is 5.53. The van der Waals surface area contributed by atoms with Crippen LogP contribution in [0.1, 0.15) is 16.7 Å². The molecule has 2 heteroatoms. The molecule has 0 atom stereocenters. The van der Waals surface area contributed by atoms with Gasteiger partial charge in [0.1, 0.15) is 0 Å². The van der Waals surface area contributed by atoms with Gasteiger partial charge in [0.15, 0.2) is 0 Å². The molecule has 0 aliphatic rings. The number of hydrogen-bond donors (Lipinski definition) is 0. The molecule has 0 radical (unpaired) electrons. The SMILES string of the molecule is N#C/C=C\c1ccccc1COCc1ccc2ccc3cccc4ccc1c2c34. The normalized spacial score (nSPS) is 11.7. The van der Waals surface area contributed by atoms with E-state index in [2.05, 4.69) is 54.6 Å². The van der Waals surface area contributed by atoms with Crippen molar-refractivity contribution in [1.82, 2.24) is 0 Å². The summed E-state index contributed by atoms with van der Waals surface area (Å²) in [6.07, 6.45) is 3.33. The largest absolute Gasteiger partial charge is 0.372 e. The first-order valence-electron chi connectivity index (χ1n) is 9.72. The summed E-state index contributed by atoms with van der Waals surface area (Å²) >= 11 is 0. The van der Waals surface area contributed by atoms with Crippen molar-refractivity contribution in [2.75, 3.05) is 0 Å². The maximum Gasteiger partial charge on any atom is 0.0912 e. The number of ether oxygens (including phenoxy) is 1. The lowest BCUT2D eigenvalue weighted by molar-refractivity contribution is 0.108. The summed E-state index contributed by atoms with van der Waals surface area (Å²) in [5.74, 6) is 0. The Morgan fingerprint density at radius 2 is 1.38 bits per heavy atom. The van der Waals surface area contributed by atoms with Gasteiger partial charge in [-0.1, -0.05) is 78.9 Å². The van der Waals surface area contributed by atoms with Gasteiger partial charge < -0.3 is 4.74 Å². The van der Waals surface area contributed by atoms with Gasteiger partial charge >= 0.3 is 0 Å². The molecule has 29 heavy (non-hydrogen) atoms. The molecule has 138 valence electrons. The zero-order valence-electron chi connectivity index (χ0n) is 15.9. The van der Waals surface area contributed by atoms with Gasteiger partial charge in [-0.2, -0.15) is 5.26 Å². The Hall–Kier alpha value is -3.67. The van der Waals surface area contributed by atoms with Crippen LogP contribution in [0.5, 0.6) is 0 Å². The molecule has 0 N–H and O–H groups in total. The van der Waals surface area contributed by atoms with E-state index in [1.165, 1.54) is 44.0 Å². The second-order valence-electron chi connectivity index (χ2n) is 7.23. The minimum absolute atomic E-state index is 0.508. The summed E-state index contributed by atoms with van der Waals surface area (Å²) in [5.41, 5.74) is 3.29. The zero-order valence-corrected chi connectivity index (χ0v) is 15.9. The molecule has 2 nitrogen and oxygen atoms in total. The lowest BCUT2D eigenvalue weighted by Gasteiger charge is -2.14. The fraction of sp³-hybridized carbons (Fsp3) is 0.0741. The minimum Gasteiger partial charge on any atom is -0.372 e. The van der Waals surface area contributed by atoms with Crippen LogP contribution in [0.25, 0.3) is 38.4 Å². The maximum atomic E-state index is 8.79. The van der Waals surface area contributed by atoms with E-state index in [1.807, 2.05) is 36.4 Å². The fourth-order valence-corrected chi connectivity index (χ4v) is 4.15. The van der Waals surface area contributed by atoms with Gasteiger partial charge in [-0.3, -0.25) is 0 Å². The monoisotopic (exact) mass is 373 g/mol. The summed E-state index contributed by atoms with van der Waals surface area (Å²) in [6, 6.07) is 29.7. The van der Waals surface area contributed by atoms with E-state index in [4.69, 9.17) is 10.00 Å². The summed E-state index contributed by atoms with van der Waals surface area (Å²) < 4.78 is 6.10. The van der Waals surface area contributed by atoms with Crippen molar-refractivity contribution in [2.24, 2.45) is 0 Å². The Morgan fingerprint density at radius 3 is 2.21 bits per heavy atom. The standard InChI is InChI=1S/C27H19NO/c28-16-4-9-19-5-1-2-6-23(19)17-29-18-24-13-12-22-11-10-20-7-3-8-21-14-15-25(24)27(22)26(20)21/h1-15H,17-18H2/b9-4-. The third-order valence-electron chi connectivity index (χ3n) is 5.53. The Morgan fingerprint density at radius 1 is 0.690 bits per heavy atom. The molecule has 0 spiro atoms. The van der Waals surface area contributed by atoms with E-state index in [0.717, 1.165) is 11.1 Å². The van der Waals surface area contributed by atoms with E-state index >= 15 is 0 Å². The van der Waals surface area contributed by atoms with Crippen molar-refractivity contribution >= 4 is 38.4 Å². The molecule has 5 aromatic carbocycles. The Kier molecular flexibility index (Phi) is 4.44. The number of rotatable bonds is 5. The van der Waals surface area contributed by atoms with Crippen LogP contribution in [0, 0.1) is 11.3 Å². The van der Waals surface area contributed by atoms with Gasteiger partial charge in [-0.05, 0) is 55.1 Å². The highest BCUT2D eigenvalue weighted by Crippen LogP contribution is 2.36. The van der Waals surface area contributed by atoms with Crippen molar-refractivity contribution in [1.29, 1.82) is 5.26 Å². The first-order valence-corrected chi connectivity index (χ1v) is 9.72. The van der Waals surface area contributed by atoms with Crippen LogP contribution >= 0.6 is 0 Å². The maximum absolute atomic E-state index is 8.79. The summed E-state index contributed by atoms with van der Waals surface area (Å²) in [6.45, 7) is 1.05. The number of nitriles is 1. The van der Waals surface area contributed by atoms with Gasteiger partial charge in [0, 0.05) is 6.08 Å². The molecule has 5 aromatic rings. The molecule has 5 rings (SSSR count). The molecule has 0 amide bonds. The highest BCUT2D eigenvalue weighted by atomic mass is 16.5. The first-order chi connectivity index (χ1) is 14.3. The van der Waals surface area contributed by atoms with Gasteiger partial charge in [-0.25, -0.2) is 0 Å². The molecule has 0 saturated heterocycles. The van der Waals surface area contributed by atoms with Crippen molar-refractivity contribution in [3.8, 4) is 6.07 Å². The number of benzene rings is 5. The smallest absolute Gasteiger partial charge is 0.0912 e. The van der Waals surface area contributed by atoms with Crippen LogP contribution in [-0.2, 0) is 18.0 Å². The quantitative estimate of drug-likeness (QED) is 0.250. The number of allylic oxidation sites excluding steroid dienone is 1. The summed E-state index contributed by atoms with van der Waals surface area (Å²) in [4.78, 5) is 0. The molecule has 0 aliphatic heterocycles. The highest BCUT2D eigenvalue weighted by molar-refractivity contribution is 6.23. The van der Waals surface area contributed by atoms with Gasteiger partial charge in [0.2, 0.25) is 0 Å². The predicted octanol–water partition coefficient (Wildman–Crippen LogP) is 6.84. The van der Waals surface area contributed by atoms with E-state index in [-0.39, 0.29) is 0 Å². The Balaban J connectivity index is 1.48. The Labute approximate surface area is 169 Å². The summed E-state index contributed by atoms with van der Waals surface area (Å²) in [7, 11) is 0. The van der Waals surface area contributed by atoms with E-state index < -0.39 is 0 Å². The molecule has 0 unspecified atom stereocenters. The van der Waals surface area contributed by atoms with Crippen LogP contribution in [0.2, 0.25) is 0 Å². The molecule has 0 saturated carbocycles. The molecule has 0 fully saturated rings. The average molecular weight is 373 g/mol. The highest BCUT2D eigenvalue weighted by Gasteiger charge is 2.11. The summed E-state index contributed by atoms with van der Waals surface area (Å²) in [5, 5.41) is 16.5. The first kappa shape index (κ1) is 17.4. The van der Waals surface area contributed by atoms with Crippen LogP contribution in [0.3, 0.4) is 0 Å². The second-order valence-corrected chi connectivity index (χ2v) is 7.23. The van der Waals surface area contributed by atoms with Crippen molar-refractivity contribution < 1.29 is 4.74 Å². The molecule has 0 bridgehead atoms. The van der Waals surface area contributed by atoms with Crippen LogP contribution in [0.15, 0.2) is 84.9 Å². The van der Waals surface area contributed by atoms with Crippen LogP contribution in [0.4, 0.5) is 0 Å². The molecular weight excluding hydrogens is 354 g/mol.